The predicted molar refractivity (Wildman–Crippen MR) is 114 cm³/mol. The molecule has 0 fully saturated rings. The number of rotatable bonds is 4. The van der Waals surface area contributed by atoms with Crippen molar-refractivity contribution in [2.24, 2.45) is 5.73 Å². The minimum atomic E-state index is -4.05. The first-order chi connectivity index (χ1) is 14.8. The molecule has 2 N–H and O–H groups in total. The standard InChI is InChI=1S/C23H19N3O4S/c1-14-3-4-15(2)21(11-14)31(27,28)30-17-5-6-18-20(12-17)29-23(25)19(13-24)22(18)16-7-9-26-10-8-16/h3-12,22H,25H2,1-2H3. The summed E-state index contributed by atoms with van der Waals surface area (Å²) >= 11 is 0. The van der Waals surface area contributed by atoms with E-state index in [0.717, 1.165) is 11.1 Å². The van der Waals surface area contributed by atoms with Gasteiger partial charge in [0.1, 0.15) is 28.0 Å². The Morgan fingerprint density at radius 1 is 1.10 bits per heavy atom. The predicted octanol–water partition coefficient (Wildman–Crippen LogP) is 3.68. The maximum atomic E-state index is 12.8. The first-order valence-electron chi connectivity index (χ1n) is 9.43. The van der Waals surface area contributed by atoms with Crippen LogP contribution in [0.15, 0.2) is 77.3 Å². The fourth-order valence-corrected chi connectivity index (χ4v) is 4.77. The molecule has 31 heavy (non-hydrogen) atoms. The summed E-state index contributed by atoms with van der Waals surface area (Å²) in [5, 5.41) is 9.61. The van der Waals surface area contributed by atoms with E-state index in [0.29, 0.717) is 16.9 Å². The monoisotopic (exact) mass is 433 g/mol. The summed E-state index contributed by atoms with van der Waals surface area (Å²) in [6, 6.07) is 15.5. The molecule has 0 bridgehead atoms. The van der Waals surface area contributed by atoms with Crippen molar-refractivity contribution >= 4 is 10.1 Å². The van der Waals surface area contributed by atoms with Gasteiger partial charge in [-0.1, -0.05) is 18.2 Å². The van der Waals surface area contributed by atoms with Crippen LogP contribution in [0.1, 0.15) is 28.2 Å². The van der Waals surface area contributed by atoms with Crippen LogP contribution in [0.3, 0.4) is 0 Å². The van der Waals surface area contributed by atoms with Crippen LogP contribution in [0, 0.1) is 25.2 Å². The molecule has 2 heterocycles. The summed E-state index contributed by atoms with van der Waals surface area (Å²) in [6.07, 6.45) is 3.26. The second-order valence-electron chi connectivity index (χ2n) is 7.21. The number of aromatic nitrogens is 1. The third-order valence-corrected chi connectivity index (χ3v) is 6.44. The number of benzene rings is 2. The van der Waals surface area contributed by atoms with Gasteiger partial charge in [-0.2, -0.15) is 13.7 Å². The van der Waals surface area contributed by atoms with Crippen LogP contribution >= 0.6 is 0 Å². The number of pyridine rings is 1. The zero-order valence-corrected chi connectivity index (χ0v) is 17.7. The summed E-state index contributed by atoms with van der Waals surface area (Å²) in [4.78, 5) is 4.12. The van der Waals surface area contributed by atoms with E-state index in [1.807, 2.05) is 13.0 Å². The molecule has 7 nitrogen and oxygen atoms in total. The van der Waals surface area contributed by atoms with E-state index in [2.05, 4.69) is 11.1 Å². The van der Waals surface area contributed by atoms with Crippen molar-refractivity contribution in [2.75, 3.05) is 0 Å². The molecule has 0 spiro atoms. The van der Waals surface area contributed by atoms with Gasteiger partial charge >= 0.3 is 10.1 Å². The Hall–Kier alpha value is -3.83. The molecule has 1 atom stereocenters. The first kappa shape index (κ1) is 20.4. The highest BCUT2D eigenvalue weighted by Gasteiger charge is 2.31. The number of hydrogen-bond acceptors (Lipinski definition) is 7. The summed E-state index contributed by atoms with van der Waals surface area (Å²) in [5.41, 5.74) is 9.16. The normalized spacial score (nSPS) is 15.6. The lowest BCUT2D eigenvalue weighted by Gasteiger charge is -2.26. The van der Waals surface area contributed by atoms with E-state index in [4.69, 9.17) is 14.7 Å². The average molecular weight is 433 g/mol. The molecule has 1 aromatic heterocycles. The Balaban J connectivity index is 1.74. The number of nitrogens with two attached hydrogens (primary N) is 1. The molecular formula is C23H19N3O4S. The van der Waals surface area contributed by atoms with Gasteiger partial charge < -0.3 is 14.7 Å². The van der Waals surface area contributed by atoms with Crippen molar-refractivity contribution < 1.29 is 17.3 Å². The number of nitriles is 1. The van der Waals surface area contributed by atoms with Crippen LogP contribution < -0.4 is 14.7 Å². The third-order valence-electron chi connectivity index (χ3n) is 5.05. The second kappa shape index (κ2) is 7.78. The highest BCUT2D eigenvalue weighted by atomic mass is 32.2. The topological polar surface area (TPSA) is 115 Å². The Labute approximate surface area is 180 Å². The molecule has 0 saturated carbocycles. The molecule has 0 amide bonds. The van der Waals surface area contributed by atoms with Crippen molar-refractivity contribution in [2.45, 2.75) is 24.7 Å². The number of nitrogens with zero attached hydrogens (tertiary/aromatic N) is 2. The Morgan fingerprint density at radius 3 is 2.55 bits per heavy atom. The van der Waals surface area contributed by atoms with Crippen LogP contribution in [0.25, 0.3) is 0 Å². The number of allylic oxidation sites excluding steroid dienone is 1. The lowest BCUT2D eigenvalue weighted by Crippen LogP contribution is -2.21. The van der Waals surface area contributed by atoms with Gasteiger partial charge in [-0.15, -0.1) is 0 Å². The van der Waals surface area contributed by atoms with Crippen molar-refractivity contribution in [1.82, 2.24) is 4.98 Å². The van der Waals surface area contributed by atoms with E-state index in [1.54, 1.807) is 49.6 Å². The summed E-state index contributed by atoms with van der Waals surface area (Å²) in [7, 11) is -4.05. The Morgan fingerprint density at radius 2 is 1.84 bits per heavy atom. The molecule has 3 aromatic rings. The quantitative estimate of drug-likeness (QED) is 0.624. The van der Waals surface area contributed by atoms with E-state index in [9.17, 15) is 13.7 Å². The van der Waals surface area contributed by atoms with Gasteiger partial charge in [-0.3, -0.25) is 4.98 Å². The summed E-state index contributed by atoms with van der Waals surface area (Å²) in [5.74, 6) is -0.0823. The minimum absolute atomic E-state index is 0.0358. The van der Waals surface area contributed by atoms with Crippen molar-refractivity contribution in [3.05, 3.63) is 94.6 Å². The van der Waals surface area contributed by atoms with E-state index in [1.165, 1.54) is 12.1 Å². The Kier molecular flexibility index (Phi) is 5.13. The van der Waals surface area contributed by atoms with Crippen LogP contribution in [0.5, 0.6) is 11.5 Å². The molecule has 4 rings (SSSR count). The van der Waals surface area contributed by atoms with Crippen molar-refractivity contribution in [3.63, 3.8) is 0 Å². The molecule has 1 unspecified atom stereocenters. The van der Waals surface area contributed by atoms with Gasteiger partial charge in [-0.25, -0.2) is 0 Å². The number of aryl methyl sites for hydroxylation is 2. The minimum Gasteiger partial charge on any atom is -0.440 e. The first-order valence-corrected chi connectivity index (χ1v) is 10.8. The molecule has 156 valence electrons. The largest absolute Gasteiger partial charge is 0.440 e. The van der Waals surface area contributed by atoms with Crippen LogP contribution in [-0.4, -0.2) is 13.4 Å². The zero-order chi connectivity index (χ0) is 22.2. The van der Waals surface area contributed by atoms with Gasteiger partial charge in [0.05, 0.1) is 5.92 Å². The molecule has 1 aliphatic rings. The lowest BCUT2D eigenvalue weighted by atomic mass is 9.84. The second-order valence-corrected chi connectivity index (χ2v) is 8.73. The van der Waals surface area contributed by atoms with Crippen LogP contribution in [0.2, 0.25) is 0 Å². The fourth-order valence-electron chi connectivity index (χ4n) is 3.53. The number of fused-ring (bicyclic) bond motifs is 1. The van der Waals surface area contributed by atoms with Gasteiger partial charge in [0.2, 0.25) is 5.88 Å². The molecule has 0 saturated heterocycles. The fraction of sp³-hybridized carbons (Fsp3) is 0.130. The Bertz CT molecular complexity index is 1340. The summed E-state index contributed by atoms with van der Waals surface area (Å²) in [6.45, 7) is 3.52. The average Bonchev–Trinajstić information content (AvgIpc) is 2.74. The molecule has 1 aliphatic heterocycles. The number of ether oxygens (including phenoxy) is 1. The van der Waals surface area contributed by atoms with Gasteiger partial charge in [0.15, 0.2) is 0 Å². The molecule has 0 radical (unpaired) electrons. The van der Waals surface area contributed by atoms with E-state index < -0.39 is 16.0 Å². The van der Waals surface area contributed by atoms with Gasteiger partial charge in [-0.05, 0) is 54.8 Å². The maximum absolute atomic E-state index is 12.8. The lowest BCUT2D eigenvalue weighted by molar-refractivity contribution is 0.391. The number of hydrogen-bond donors (Lipinski definition) is 1. The SMILES string of the molecule is Cc1ccc(C)c(S(=O)(=O)Oc2ccc3c(c2)OC(N)=C(C#N)C3c2ccncc2)c1. The third kappa shape index (κ3) is 3.83. The van der Waals surface area contributed by atoms with E-state index in [-0.39, 0.29) is 22.1 Å². The van der Waals surface area contributed by atoms with Crippen LogP contribution in [0.4, 0.5) is 0 Å². The molecule has 8 heteroatoms. The zero-order valence-electron chi connectivity index (χ0n) is 16.9. The highest BCUT2D eigenvalue weighted by molar-refractivity contribution is 7.87. The van der Waals surface area contributed by atoms with Crippen molar-refractivity contribution in [3.8, 4) is 17.6 Å². The molecule has 2 aromatic carbocycles. The van der Waals surface area contributed by atoms with Gasteiger partial charge in [0, 0.05) is 24.0 Å². The van der Waals surface area contributed by atoms with Crippen LogP contribution in [-0.2, 0) is 10.1 Å². The molecule has 0 aliphatic carbocycles. The van der Waals surface area contributed by atoms with E-state index >= 15 is 0 Å². The smallest absolute Gasteiger partial charge is 0.339 e. The molecular weight excluding hydrogens is 414 g/mol. The highest BCUT2D eigenvalue weighted by Crippen LogP contribution is 2.43. The van der Waals surface area contributed by atoms with Gasteiger partial charge in [0.25, 0.3) is 0 Å². The van der Waals surface area contributed by atoms with Crippen molar-refractivity contribution in [1.29, 1.82) is 5.26 Å². The maximum Gasteiger partial charge on any atom is 0.339 e. The summed E-state index contributed by atoms with van der Waals surface area (Å²) < 4.78 is 36.7.